The number of amides is 1. The van der Waals surface area contributed by atoms with Crippen LogP contribution >= 0.6 is 11.6 Å². The summed E-state index contributed by atoms with van der Waals surface area (Å²) in [5, 5.41) is 8.04. The lowest BCUT2D eigenvalue weighted by atomic mass is 10.0. The standard InChI is InChI=1S/C14H19ClN2O3S/c1-3-14(4-5-14)8-17-13(18)10-6-9(2)12(15)11(7-10)21(16,19)20/h6-7H,3-5,8H2,1-2H3,(H,17,18)(H2,16,19,20). The van der Waals surface area contributed by atoms with Crippen LogP contribution in [0.25, 0.3) is 0 Å². The first-order chi connectivity index (χ1) is 9.68. The molecule has 0 unspecified atom stereocenters. The Hall–Kier alpha value is -1.11. The quantitative estimate of drug-likeness (QED) is 0.867. The Balaban J connectivity index is 2.24. The molecule has 1 aromatic rings. The largest absolute Gasteiger partial charge is 0.351 e. The van der Waals surface area contributed by atoms with Gasteiger partial charge in [0.1, 0.15) is 4.90 Å². The van der Waals surface area contributed by atoms with E-state index < -0.39 is 10.0 Å². The van der Waals surface area contributed by atoms with Crippen LogP contribution in [-0.4, -0.2) is 20.9 Å². The van der Waals surface area contributed by atoms with E-state index in [-0.39, 0.29) is 26.8 Å². The van der Waals surface area contributed by atoms with Crippen LogP contribution in [0.4, 0.5) is 0 Å². The molecule has 2 rings (SSSR count). The summed E-state index contributed by atoms with van der Waals surface area (Å²) in [5.74, 6) is -0.306. The number of rotatable bonds is 5. The summed E-state index contributed by atoms with van der Waals surface area (Å²) in [4.78, 5) is 12.0. The minimum Gasteiger partial charge on any atom is -0.351 e. The SMILES string of the molecule is CCC1(CNC(=O)c2cc(C)c(Cl)c(S(N)(=O)=O)c2)CC1. The zero-order valence-electron chi connectivity index (χ0n) is 12.1. The smallest absolute Gasteiger partial charge is 0.251 e. The van der Waals surface area contributed by atoms with E-state index in [1.165, 1.54) is 6.07 Å². The summed E-state index contributed by atoms with van der Waals surface area (Å²) in [6, 6.07) is 2.80. The number of halogens is 1. The van der Waals surface area contributed by atoms with Crippen molar-refractivity contribution in [1.29, 1.82) is 0 Å². The van der Waals surface area contributed by atoms with Crippen LogP contribution < -0.4 is 10.5 Å². The highest BCUT2D eigenvalue weighted by molar-refractivity contribution is 7.89. The molecule has 7 heteroatoms. The van der Waals surface area contributed by atoms with Gasteiger partial charge in [0.25, 0.3) is 5.91 Å². The fraction of sp³-hybridized carbons (Fsp3) is 0.500. The number of aryl methyl sites for hydroxylation is 1. The Morgan fingerprint density at radius 3 is 2.52 bits per heavy atom. The Morgan fingerprint density at radius 2 is 2.05 bits per heavy atom. The lowest BCUT2D eigenvalue weighted by molar-refractivity contribution is 0.0944. The average Bonchev–Trinajstić information content (AvgIpc) is 3.18. The van der Waals surface area contributed by atoms with Gasteiger partial charge in [-0.1, -0.05) is 18.5 Å². The van der Waals surface area contributed by atoms with E-state index in [1.54, 1.807) is 13.0 Å². The minimum absolute atomic E-state index is 0.0567. The monoisotopic (exact) mass is 330 g/mol. The number of hydrogen-bond acceptors (Lipinski definition) is 3. The molecule has 116 valence electrons. The van der Waals surface area contributed by atoms with Crippen molar-refractivity contribution in [3.8, 4) is 0 Å². The van der Waals surface area contributed by atoms with Crippen molar-refractivity contribution in [2.45, 2.75) is 38.0 Å². The molecule has 0 aliphatic heterocycles. The molecular formula is C14H19ClN2O3S. The molecule has 1 fully saturated rings. The molecule has 0 heterocycles. The van der Waals surface area contributed by atoms with E-state index in [2.05, 4.69) is 12.2 Å². The van der Waals surface area contributed by atoms with Crippen LogP contribution in [0.5, 0.6) is 0 Å². The molecule has 1 aromatic carbocycles. The van der Waals surface area contributed by atoms with Gasteiger partial charge < -0.3 is 5.32 Å². The van der Waals surface area contributed by atoms with Crippen molar-refractivity contribution < 1.29 is 13.2 Å². The van der Waals surface area contributed by atoms with E-state index in [4.69, 9.17) is 16.7 Å². The van der Waals surface area contributed by atoms with Gasteiger partial charge in [-0.3, -0.25) is 4.79 Å². The lowest BCUT2D eigenvalue weighted by Gasteiger charge is -2.14. The molecule has 1 saturated carbocycles. The minimum atomic E-state index is -3.96. The zero-order chi connectivity index (χ0) is 15.8. The number of carbonyl (C=O) groups is 1. The maximum Gasteiger partial charge on any atom is 0.251 e. The molecule has 21 heavy (non-hydrogen) atoms. The van der Waals surface area contributed by atoms with Crippen LogP contribution in [0, 0.1) is 12.3 Å². The summed E-state index contributed by atoms with van der Waals surface area (Å²) < 4.78 is 23.0. The fourth-order valence-electron chi connectivity index (χ4n) is 2.28. The highest BCUT2D eigenvalue weighted by atomic mass is 35.5. The van der Waals surface area contributed by atoms with Gasteiger partial charge in [-0.15, -0.1) is 0 Å². The van der Waals surface area contributed by atoms with Gasteiger partial charge in [0, 0.05) is 12.1 Å². The Bertz CT molecular complexity index is 682. The van der Waals surface area contributed by atoms with Crippen molar-refractivity contribution >= 4 is 27.5 Å². The predicted molar refractivity (Wildman–Crippen MR) is 81.9 cm³/mol. The summed E-state index contributed by atoms with van der Waals surface area (Å²) in [7, 11) is -3.96. The molecule has 0 aromatic heterocycles. The molecule has 0 saturated heterocycles. The zero-order valence-corrected chi connectivity index (χ0v) is 13.6. The molecule has 0 radical (unpaired) electrons. The number of sulfonamides is 1. The third-order valence-electron chi connectivity index (χ3n) is 4.12. The summed E-state index contributed by atoms with van der Waals surface area (Å²) in [6.45, 7) is 4.35. The van der Waals surface area contributed by atoms with Crippen LogP contribution in [0.15, 0.2) is 17.0 Å². The number of hydrogen-bond donors (Lipinski definition) is 2. The first-order valence-corrected chi connectivity index (χ1v) is 8.72. The van der Waals surface area contributed by atoms with Crippen LogP contribution in [0.3, 0.4) is 0 Å². The molecule has 0 spiro atoms. The van der Waals surface area contributed by atoms with E-state index in [1.807, 2.05) is 0 Å². The number of primary sulfonamides is 1. The Labute approximate surface area is 129 Å². The first kappa shape index (κ1) is 16.3. The van der Waals surface area contributed by atoms with Gasteiger partial charge in [-0.05, 0) is 49.3 Å². The van der Waals surface area contributed by atoms with E-state index >= 15 is 0 Å². The number of nitrogens with two attached hydrogens (primary N) is 1. The second-order valence-electron chi connectivity index (χ2n) is 5.69. The maximum absolute atomic E-state index is 12.2. The van der Waals surface area contributed by atoms with Gasteiger partial charge in [-0.25, -0.2) is 13.6 Å². The number of benzene rings is 1. The van der Waals surface area contributed by atoms with Gasteiger partial charge in [-0.2, -0.15) is 0 Å². The van der Waals surface area contributed by atoms with Gasteiger partial charge >= 0.3 is 0 Å². The molecule has 3 N–H and O–H groups in total. The van der Waals surface area contributed by atoms with Crippen molar-refractivity contribution in [3.05, 3.63) is 28.3 Å². The lowest BCUT2D eigenvalue weighted by Crippen LogP contribution is -2.30. The highest BCUT2D eigenvalue weighted by Gasteiger charge is 2.40. The van der Waals surface area contributed by atoms with Crippen molar-refractivity contribution in [2.75, 3.05) is 6.54 Å². The summed E-state index contributed by atoms with van der Waals surface area (Å²) in [6.07, 6.45) is 3.26. The first-order valence-electron chi connectivity index (χ1n) is 6.80. The van der Waals surface area contributed by atoms with Crippen LogP contribution in [0.1, 0.15) is 42.1 Å². The van der Waals surface area contributed by atoms with Gasteiger partial charge in [0.2, 0.25) is 10.0 Å². The normalized spacial score (nSPS) is 16.6. The molecule has 1 aliphatic carbocycles. The average molecular weight is 331 g/mol. The summed E-state index contributed by atoms with van der Waals surface area (Å²) in [5.41, 5.74) is 0.984. The number of nitrogens with one attached hydrogen (secondary N) is 1. The molecule has 5 nitrogen and oxygen atoms in total. The third-order valence-corrected chi connectivity index (χ3v) is 5.67. The summed E-state index contributed by atoms with van der Waals surface area (Å²) >= 11 is 5.95. The van der Waals surface area contributed by atoms with Crippen molar-refractivity contribution in [2.24, 2.45) is 10.6 Å². The van der Waals surface area contributed by atoms with Crippen molar-refractivity contribution in [1.82, 2.24) is 5.32 Å². The molecule has 1 aliphatic rings. The third kappa shape index (κ3) is 3.56. The van der Waals surface area contributed by atoms with Crippen molar-refractivity contribution in [3.63, 3.8) is 0 Å². The van der Waals surface area contributed by atoms with E-state index in [0.29, 0.717) is 12.1 Å². The highest BCUT2D eigenvalue weighted by Crippen LogP contribution is 2.47. The molecular weight excluding hydrogens is 312 g/mol. The van der Waals surface area contributed by atoms with Crippen LogP contribution in [0.2, 0.25) is 5.02 Å². The van der Waals surface area contributed by atoms with E-state index in [9.17, 15) is 13.2 Å². The molecule has 1 amide bonds. The van der Waals surface area contributed by atoms with Gasteiger partial charge in [0.15, 0.2) is 0 Å². The predicted octanol–water partition coefficient (Wildman–Crippen LogP) is 2.22. The van der Waals surface area contributed by atoms with Gasteiger partial charge in [0.05, 0.1) is 5.02 Å². The van der Waals surface area contributed by atoms with Crippen LogP contribution in [-0.2, 0) is 10.0 Å². The van der Waals surface area contributed by atoms with E-state index in [0.717, 1.165) is 19.3 Å². The topological polar surface area (TPSA) is 89.3 Å². The second kappa shape index (κ2) is 5.59. The molecule has 0 atom stereocenters. The fourth-order valence-corrected chi connectivity index (χ4v) is 3.41. The Kier molecular flexibility index (Phi) is 4.33. The number of carbonyl (C=O) groups excluding carboxylic acids is 1. The Morgan fingerprint density at radius 1 is 1.43 bits per heavy atom. The molecule has 0 bridgehead atoms. The maximum atomic E-state index is 12.2. The second-order valence-corrected chi connectivity index (χ2v) is 7.59.